The van der Waals surface area contributed by atoms with Crippen molar-refractivity contribution in [2.45, 2.75) is 16.0 Å². The van der Waals surface area contributed by atoms with E-state index in [9.17, 15) is 4.79 Å². The van der Waals surface area contributed by atoms with Crippen molar-refractivity contribution in [3.05, 3.63) is 91.9 Å². The zero-order valence-electron chi connectivity index (χ0n) is 18.7. The Morgan fingerprint density at radius 2 is 1.74 bits per heavy atom. The third kappa shape index (κ3) is 4.47. The van der Waals surface area contributed by atoms with Gasteiger partial charge in [0.15, 0.2) is 0 Å². The lowest BCUT2D eigenvalue weighted by molar-refractivity contribution is 0.0591. The van der Waals surface area contributed by atoms with Gasteiger partial charge in [-0.3, -0.25) is 14.8 Å². The van der Waals surface area contributed by atoms with Crippen LogP contribution >= 0.6 is 50.6 Å². The molecular formula is C26H22BrClN4OS2. The second-order valence-corrected chi connectivity index (χ2v) is 12.8. The lowest BCUT2D eigenvalue weighted by atomic mass is 9.96. The molecule has 5 nitrogen and oxygen atoms in total. The summed E-state index contributed by atoms with van der Waals surface area (Å²) >= 11 is 13.2. The van der Waals surface area contributed by atoms with Crippen LogP contribution in [0.25, 0.3) is 11.3 Å². The van der Waals surface area contributed by atoms with Crippen LogP contribution in [0.5, 0.6) is 0 Å². The highest BCUT2D eigenvalue weighted by molar-refractivity contribution is 9.11. The predicted octanol–water partition coefficient (Wildman–Crippen LogP) is 6.71. The Bertz CT molecular complexity index is 1360. The van der Waals surface area contributed by atoms with Crippen LogP contribution in [0, 0.1) is 0 Å². The smallest absolute Gasteiger partial charge is 0.272 e. The molecule has 1 amide bonds. The van der Waals surface area contributed by atoms with Gasteiger partial charge in [0.2, 0.25) is 0 Å². The van der Waals surface area contributed by atoms with Crippen molar-refractivity contribution in [2.75, 3.05) is 26.2 Å². The van der Waals surface area contributed by atoms with Crippen LogP contribution in [0.3, 0.4) is 0 Å². The van der Waals surface area contributed by atoms with Gasteiger partial charge in [-0.25, -0.2) is 0 Å². The fourth-order valence-corrected chi connectivity index (χ4v) is 8.23. The number of hydrogen-bond acceptors (Lipinski definition) is 5. The normalized spacial score (nSPS) is 16.6. The third-order valence-electron chi connectivity index (χ3n) is 6.62. The molecule has 1 unspecified atom stereocenters. The highest BCUT2D eigenvalue weighted by Crippen LogP contribution is 2.47. The number of benzene rings is 2. The number of aromatic nitrogens is 2. The molecule has 0 radical (unpaired) electrons. The first-order chi connectivity index (χ1) is 17.1. The Labute approximate surface area is 225 Å². The average Bonchev–Trinajstić information content (AvgIpc) is 3.49. The van der Waals surface area contributed by atoms with Crippen LogP contribution in [0.15, 0.2) is 68.7 Å². The highest BCUT2D eigenvalue weighted by atomic mass is 79.9. The number of rotatable bonds is 4. The van der Waals surface area contributed by atoms with Gasteiger partial charge in [0.05, 0.1) is 19.7 Å². The Hall–Kier alpha value is -2.10. The number of piperazine rings is 1. The summed E-state index contributed by atoms with van der Waals surface area (Å²) in [6.45, 7) is 2.93. The summed E-state index contributed by atoms with van der Waals surface area (Å²) < 4.78 is 2.33. The average molecular weight is 586 g/mol. The molecular weight excluding hydrogens is 564 g/mol. The maximum atomic E-state index is 13.5. The molecule has 0 saturated carbocycles. The molecule has 6 rings (SSSR count). The summed E-state index contributed by atoms with van der Waals surface area (Å²) in [7, 11) is 0. The second-order valence-electron chi connectivity index (χ2n) is 8.66. The molecule has 2 aromatic heterocycles. The van der Waals surface area contributed by atoms with E-state index >= 15 is 0 Å². The second kappa shape index (κ2) is 9.75. The van der Waals surface area contributed by atoms with Crippen LogP contribution in [0.4, 0.5) is 0 Å². The first kappa shape index (κ1) is 23.3. The van der Waals surface area contributed by atoms with Crippen molar-refractivity contribution >= 4 is 56.5 Å². The molecule has 1 N–H and O–H groups in total. The van der Waals surface area contributed by atoms with Gasteiger partial charge >= 0.3 is 0 Å². The molecule has 2 aliphatic heterocycles. The van der Waals surface area contributed by atoms with Crippen LogP contribution in [0.2, 0.25) is 5.02 Å². The van der Waals surface area contributed by atoms with Crippen molar-refractivity contribution < 1.29 is 4.79 Å². The van der Waals surface area contributed by atoms with E-state index in [0.717, 1.165) is 44.5 Å². The molecule has 4 heterocycles. The number of carbonyl (C=O) groups excluding carboxylic acids is 1. The summed E-state index contributed by atoms with van der Waals surface area (Å²) in [5.74, 6) is 0.805. The van der Waals surface area contributed by atoms with Crippen LogP contribution in [-0.4, -0.2) is 52.1 Å². The number of nitrogens with one attached hydrogen (secondary N) is 1. The number of amides is 1. The SMILES string of the molecule is O=C(c1[nH]nc2c1CSc1sc(Br)cc1-2)N1CCN(C(c2ccccc2)c2ccc(Cl)cc2)CC1. The summed E-state index contributed by atoms with van der Waals surface area (Å²) in [4.78, 5) is 17.9. The third-order valence-corrected chi connectivity index (χ3v) is 9.82. The number of thiophene rings is 1. The molecule has 2 aromatic carbocycles. The zero-order chi connectivity index (χ0) is 23.9. The minimum absolute atomic E-state index is 0.0412. The minimum Gasteiger partial charge on any atom is -0.335 e. The number of thioether (sulfide) groups is 1. The molecule has 35 heavy (non-hydrogen) atoms. The molecule has 9 heteroatoms. The fraction of sp³-hybridized carbons (Fsp3) is 0.231. The van der Waals surface area contributed by atoms with Crippen LogP contribution < -0.4 is 0 Å². The molecule has 1 atom stereocenters. The van der Waals surface area contributed by atoms with Gasteiger partial charge < -0.3 is 4.90 Å². The van der Waals surface area contributed by atoms with E-state index in [1.54, 1.807) is 23.1 Å². The van der Waals surface area contributed by atoms with E-state index in [4.69, 9.17) is 11.6 Å². The van der Waals surface area contributed by atoms with Crippen molar-refractivity contribution in [3.8, 4) is 11.3 Å². The summed E-state index contributed by atoms with van der Waals surface area (Å²) in [6, 6.07) is 20.9. The van der Waals surface area contributed by atoms with E-state index in [0.29, 0.717) is 18.8 Å². The first-order valence-corrected chi connectivity index (χ1v) is 14.4. The largest absolute Gasteiger partial charge is 0.335 e. The van der Waals surface area contributed by atoms with Crippen molar-refractivity contribution in [3.63, 3.8) is 0 Å². The quantitative estimate of drug-likeness (QED) is 0.289. The molecule has 1 fully saturated rings. The van der Waals surface area contributed by atoms with Crippen LogP contribution in [0.1, 0.15) is 33.2 Å². The summed E-state index contributed by atoms with van der Waals surface area (Å²) in [5.41, 5.74) is 6.12. The van der Waals surface area contributed by atoms with Gasteiger partial charge in [-0.2, -0.15) is 5.10 Å². The number of fused-ring (bicyclic) bond motifs is 3. The number of aromatic amines is 1. The van der Waals surface area contributed by atoms with E-state index in [2.05, 4.69) is 73.5 Å². The first-order valence-electron chi connectivity index (χ1n) is 11.4. The van der Waals surface area contributed by atoms with Gasteiger partial charge in [0, 0.05) is 48.1 Å². The number of carbonyl (C=O) groups is 1. The van der Waals surface area contributed by atoms with Gasteiger partial charge in [-0.05, 0) is 45.3 Å². The number of hydrogen-bond donors (Lipinski definition) is 1. The van der Waals surface area contributed by atoms with Gasteiger partial charge in [-0.1, -0.05) is 54.1 Å². The van der Waals surface area contributed by atoms with E-state index in [-0.39, 0.29) is 11.9 Å². The number of H-pyrrole nitrogens is 1. The molecule has 0 spiro atoms. The van der Waals surface area contributed by atoms with Crippen molar-refractivity contribution in [2.24, 2.45) is 0 Å². The van der Waals surface area contributed by atoms with Crippen molar-refractivity contribution in [1.29, 1.82) is 0 Å². The highest BCUT2D eigenvalue weighted by Gasteiger charge is 2.32. The molecule has 178 valence electrons. The Balaban J connectivity index is 1.21. The number of nitrogens with zero attached hydrogens (tertiary/aromatic N) is 3. The van der Waals surface area contributed by atoms with Gasteiger partial charge in [-0.15, -0.1) is 23.1 Å². The molecule has 4 aromatic rings. The lowest BCUT2D eigenvalue weighted by Gasteiger charge is -2.39. The topological polar surface area (TPSA) is 52.2 Å². The Morgan fingerprint density at radius 1 is 1.03 bits per heavy atom. The number of halogens is 2. The monoisotopic (exact) mass is 584 g/mol. The zero-order valence-corrected chi connectivity index (χ0v) is 22.7. The summed E-state index contributed by atoms with van der Waals surface area (Å²) in [5, 5.41) is 8.33. The lowest BCUT2D eigenvalue weighted by Crippen LogP contribution is -2.50. The van der Waals surface area contributed by atoms with Crippen LogP contribution in [-0.2, 0) is 5.75 Å². The maximum absolute atomic E-state index is 13.5. The van der Waals surface area contributed by atoms with Crippen molar-refractivity contribution in [1.82, 2.24) is 20.0 Å². The molecule has 2 aliphatic rings. The maximum Gasteiger partial charge on any atom is 0.272 e. The summed E-state index contributed by atoms with van der Waals surface area (Å²) in [6.07, 6.45) is 0. The fourth-order valence-electron chi connectivity index (χ4n) is 4.90. The van der Waals surface area contributed by atoms with E-state index in [1.165, 1.54) is 15.3 Å². The molecule has 0 bridgehead atoms. The minimum atomic E-state index is 0.0412. The standard InChI is InChI=1S/C26H22BrClN4OS2/c27-21-14-19-22-20(15-34-26(19)35-21)23(30-29-22)25(33)32-12-10-31(11-13-32)24(16-4-2-1-3-5-16)17-6-8-18(28)9-7-17/h1-9,14,24H,10-13,15H2,(H,29,30). The Morgan fingerprint density at radius 3 is 2.49 bits per heavy atom. The van der Waals surface area contributed by atoms with Gasteiger partial charge in [0.1, 0.15) is 5.69 Å². The molecule has 1 saturated heterocycles. The van der Waals surface area contributed by atoms with Gasteiger partial charge in [0.25, 0.3) is 5.91 Å². The molecule has 0 aliphatic carbocycles. The Kier molecular flexibility index (Phi) is 6.49. The van der Waals surface area contributed by atoms with E-state index < -0.39 is 0 Å². The van der Waals surface area contributed by atoms with E-state index in [1.807, 2.05) is 23.1 Å². The predicted molar refractivity (Wildman–Crippen MR) is 146 cm³/mol.